The van der Waals surface area contributed by atoms with Gasteiger partial charge in [-0.1, -0.05) is 23.4 Å². The SMILES string of the molecule is O=C(N[C@@H]1CCCN(CCO)C1)c1cc(COc2ccccc2)on1. The molecule has 25 heavy (non-hydrogen) atoms. The van der Waals surface area contributed by atoms with E-state index < -0.39 is 0 Å². The van der Waals surface area contributed by atoms with E-state index in [2.05, 4.69) is 15.4 Å². The van der Waals surface area contributed by atoms with Crippen LogP contribution in [0.5, 0.6) is 5.75 Å². The molecule has 0 radical (unpaired) electrons. The zero-order valence-electron chi connectivity index (χ0n) is 14.1. The van der Waals surface area contributed by atoms with Crippen LogP contribution in [0.25, 0.3) is 0 Å². The number of nitrogens with zero attached hydrogens (tertiary/aromatic N) is 2. The lowest BCUT2D eigenvalue weighted by atomic mass is 10.1. The highest BCUT2D eigenvalue weighted by Gasteiger charge is 2.23. The van der Waals surface area contributed by atoms with E-state index in [1.807, 2.05) is 30.3 Å². The number of nitrogens with one attached hydrogen (secondary N) is 1. The summed E-state index contributed by atoms with van der Waals surface area (Å²) in [6, 6.07) is 11.1. The Hall–Kier alpha value is -2.38. The molecule has 1 atom stereocenters. The maximum Gasteiger partial charge on any atom is 0.273 e. The van der Waals surface area contributed by atoms with Crippen LogP contribution in [0, 0.1) is 0 Å². The second kappa shape index (κ2) is 8.64. The molecule has 1 aromatic carbocycles. The maximum absolute atomic E-state index is 12.3. The molecule has 0 saturated carbocycles. The molecule has 1 aliphatic rings. The van der Waals surface area contributed by atoms with Crippen LogP contribution in [0.1, 0.15) is 29.1 Å². The number of rotatable bonds is 7. The highest BCUT2D eigenvalue weighted by atomic mass is 16.5. The lowest BCUT2D eigenvalue weighted by Crippen LogP contribution is -2.48. The minimum absolute atomic E-state index is 0.0634. The smallest absolute Gasteiger partial charge is 0.273 e. The first kappa shape index (κ1) is 17.4. The number of aliphatic hydroxyl groups is 1. The second-order valence-corrected chi connectivity index (χ2v) is 6.12. The van der Waals surface area contributed by atoms with Crippen LogP contribution in [0.4, 0.5) is 0 Å². The van der Waals surface area contributed by atoms with Gasteiger partial charge in [0, 0.05) is 25.2 Å². The average molecular weight is 345 g/mol. The zero-order chi connectivity index (χ0) is 17.5. The molecular weight excluding hydrogens is 322 g/mol. The Balaban J connectivity index is 1.50. The van der Waals surface area contributed by atoms with Gasteiger partial charge in [0.1, 0.15) is 12.4 Å². The van der Waals surface area contributed by atoms with Gasteiger partial charge < -0.3 is 19.7 Å². The summed E-state index contributed by atoms with van der Waals surface area (Å²) < 4.78 is 10.8. The normalized spacial score (nSPS) is 18.0. The fourth-order valence-corrected chi connectivity index (χ4v) is 2.94. The molecule has 0 spiro atoms. The molecule has 0 aliphatic carbocycles. The second-order valence-electron chi connectivity index (χ2n) is 6.12. The molecule has 134 valence electrons. The van der Waals surface area contributed by atoms with Crippen LogP contribution in [0.15, 0.2) is 40.9 Å². The van der Waals surface area contributed by atoms with Gasteiger partial charge in [-0.05, 0) is 31.5 Å². The van der Waals surface area contributed by atoms with Gasteiger partial charge in [0.25, 0.3) is 5.91 Å². The lowest BCUT2D eigenvalue weighted by Gasteiger charge is -2.32. The van der Waals surface area contributed by atoms with Gasteiger partial charge in [0.2, 0.25) is 0 Å². The number of hydrogen-bond acceptors (Lipinski definition) is 6. The number of carbonyl (C=O) groups is 1. The van der Waals surface area contributed by atoms with Gasteiger partial charge in [0.15, 0.2) is 11.5 Å². The molecule has 1 aromatic heterocycles. The van der Waals surface area contributed by atoms with E-state index in [0.717, 1.165) is 31.7 Å². The number of piperidine rings is 1. The predicted molar refractivity (Wildman–Crippen MR) is 91.3 cm³/mol. The number of ether oxygens (including phenoxy) is 1. The van der Waals surface area contributed by atoms with Gasteiger partial charge in [-0.25, -0.2) is 0 Å². The van der Waals surface area contributed by atoms with E-state index >= 15 is 0 Å². The van der Waals surface area contributed by atoms with Crippen molar-refractivity contribution in [2.45, 2.75) is 25.5 Å². The van der Waals surface area contributed by atoms with Crippen molar-refractivity contribution in [2.24, 2.45) is 0 Å². The Labute approximate surface area is 146 Å². The van der Waals surface area contributed by atoms with Crippen LogP contribution in [0.3, 0.4) is 0 Å². The summed E-state index contributed by atoms with van der Waals surface area (Å²) in [7, 11) is 0. The number of hydrogen-bond donors (Lipinski definition) is 2. The van der Waals surface area contributed by atoms with E-state index in [-0.39, 0.29) is 30.9 Å². The first-order chi connectivity index (χ1) is 12.2. The van der Waals surface area contributed by atoms with E-state index in [4.69, 9.17) is 14.4 Å². The van der Waals surface area contributed by atoms with Crippen LogP contribution < -0.4 is 10.1 Å². The molecule has 1 aliphatic heterocycles. The number of carbonyl (C=O) groups excluding carboxylic acids is 1. The number of likely N-dealkylation sites (tertiary alicyclic amines) is 1. The summed E-state index contributed by atoms with van der Waals surface area (Å²) in [6.45, 7) is 2.69. The molecule has 2 aromatic rings. The number of β-amino-alcohol motifs (C(OH)–C–C–N with tert-alkyl or cyclic N) is 1. The topological polar surface area (TPSA) is 87.8 Å². The first-order valence-electron chi connectivity index (χ1n) is 8.52. The number of benzene rings is 1. The summed E-state index contributed by atoms with van der Waals surface area (Å²) in [5, 5.41) is 15.9. The highest BCUT2D eigenvalue weighted by Crippen LogP contribution is 2.13. The van der Waals surface area contributed by atoms with Gasteiger partial charge >= 0.3 is 0 Å². The van der Waals surface area contributed by atoms with E-state index in [0.29, 0.717) is 12.3 Å². The molecule has 7 nitrogen and oxygen atoms in total. The summed E-state index contributed by atoms with van der Waals surface area (Å²) in [6.07, 6.45) is 1.93. The largest absolute Gasteiger partial charge is 0.486 e. The fourth-order valence-electron chi connectivity index (χ4n) is 2.94. The summed E-state index contributed by atoms with van der Waals surface area (Å²) >= 11 is 0. The van der Waals surface area contributed by atoms with Gasteiger partial charge in [-0.2, -0.15) is 0 Å². The fraction of sp³-hybridized carbons (Fsp3) is 0.444. The molecule has 2 N–H and O–H groups in total. The first-order valence-corrected chi connectivity index (χ1v) is 8.52. The monoisotopic (exact) mass is 345 g/mol. The minimum atomic E-state index is -0.245. The summed E-state index contributed by atoms with van der Waals surface area (Å²) in [4.78, 5) is 14.5. The average Bonchev–Trinajstić information content (AvgIpc) is 3.11. The number of aromatic nitrogens is 1. The zero-order valence-corrected chi connectivity index (χ0v) is 14.1. The third-order valence-corrected chi connectivity index (χ3v) is 4.17. The van der Waals surface area contributed by atoms with Crippen LogP contribution >= 0.6 is 0 Å². The molecule has 1 saturated heterocycles. The Morgan fingerprint density at radius 2 is 2.24 bits per heavy atom. The highest BCUT2D eigenvalue weighted by molar-refractivity contribution is 5.92. The van der Waals surface area contributed by atoms with Crippen LogP contribution in [-0.2, 0) is 6.61 Å². The summed E-state index contributed by atoms with van der Waals surface area (Å²) in [5.41, 5.74) is 0.256. The minimum Gasteiger partial charge on any atom is -0.486 e. The summed E-state index contributed by atoms with van der Waals surface area (Å²) in [5.74, 6) is 0.987. The van der Waals surface area contributed by atoms with Gasteiger partial charge in [-0.3, -0.25) is 9.69 Å². The molecule has 7 heteroatoms. The molecule has 0 unspecified atom stereocenters. The van der Waals surface area contributed by atoms with Crippen LogP contribution in [0.2, 0.25) is 0 Å². The quantitative estimate of drug-likeness (QED) is 0.789. The van der Waals surface area contributed by atoms with Crippen molar-refractivity contribution in [3.05, 3.63) is 47.9 Å². The van der Waals surface area contributed by atoms with Gasteiger partial charge in [-0.15, -0.1) is 0 Å². The number of para-hydroxylation sites is 1. The van der Waals surface area contributed by atoms with E-state index in [1.165, 1.54) is 0 Å². The van der Waals surface area contributed by atoms with Crippen molar-refractivity contribution in [1.29, 1.82) is 0 Å². The third-order valence-electron chi connectivity index (χ3n) is 4.17. The van der Waals surface area contributed by atoms with Crippen molar-refractivity contribution >= 4 is 5.91 Å². The predicted octanol–water partition coefficient (Wildman–Crippen LogP) is 1.44. The Morgan fingerprint density at radius 1 is 1.40 bits per heavy atom. The van der Waals surface area contributed by atoms with Gasteiger partial charge in [0.05, 0.1) is 6.61 Å². The Morgan fingerprint density at radius 3 is 3.04 bits per heavy atom. The molecule has 1 fully saturated rings. The van der Waals surface area contributed by atoms with E-state index in [1.54, 1.807) is 6.07 Å². The van der Waals surface area contributed by atoms with Crippen molar-refractivity contribution in [3.8, 4) is 5.75 Å². The third kappa shape index (κ3) is 5.04. The van der Waals surface area contributed by atoms with Crippen molar-refractivity contribution in [1.82, 2.24) is 15.4 Å². The molecule has 2 heterocycles. The Kier molecular flexibility index (Phi) is 6.03. The Bertz CT molecular complexity index is 672. The number of aliphatic hydroxyl groups excluding tert-OH is 1. The molecule has 3 rings (SSSR count). The van der Waals surface area contributed by atoms with Crippen molar-refractivity contribution in [2.75, 3.05) is 26.2 Å². The van der Waals surface area contributed by atoms with E-state index in [9.17, 15) is 4.79 Å². The molecule has 0 bridgehead atoms. The standard InChI is InChI=1S/C18H23N3O4/c22-10-9-21-8-4-5-14(12-21)19-18(23)17-11-16(25-20-17)13-24-15-6-2-1-3-7-15/h1-3,6-7,11,14,22H,4-5,8-10,12-13H2,(H,19,23)/t14-/m1/s1. The lowest BCUT2D eigenvalue weighted by molar-refractivity contribution is 0.0884. The van der Waals surface area contributed by atoms with Crippen LogP contribution in [-0.4, -0.2) is 53.4 Å². The van der Waals surface area contributed by atoms with Crippen molar-refractivity contribution < 1.29 is 19.2 Å². The molecule has 1 amide bonds. The molecular formula is C18H23N3O4. The van der Waals surface area contributed by atoms with Crippen molar-refractivity contribution in [3.63, 3.8) is 0 Å². The maximum atomic E-state index is 12.3. The number of amides is 1.